The number of carboxylic acids is 1. The Morgan fingerprint density at radius 3 is 2.46 bits per heavy atom. The van der Waals surface area contributed by atoms with Crippen molar-refractivity contribution in [3.8, 4) is 5.75 Å². The number of aromatic hydroxyl groups is 1. The third-order valence-electron chi connectivity index (χ3n) is 11.9. The average Bonchev–Trinajstić information content (AvgIpc) is 3.14. The second kappa shape index (κ2) is 16.1. The van der Waals surface area contributed by atoms with Crippen molar-refractivity contribution in [3.05, 3.63) is 122 Å². The molecule has 10 heteroatoms. The predicted molar refractivity (Wildman–Crippen MR) is 219 cm³/mol. The molecule has 1 fully saturated rings. The summed E-state index contributed by atoms with van der Waals surface area (Å²) in [7, 11) is -2.22. The zero-order valence-corrected chi connectivity index (χ0v) is 33.3. The van der Waals surface area contributed by atoms with Crippen LogP contribution in [0.15, 0.2) is 88.5 Å². The number of aromatic amines is 1. The van der Waals surface area contributed by atoms with Gasteiger partial charge in [-0.3, -0.25) is 14.4 Å². The van der Waals surface area contributed by atoms with Gasteiger partial charge in [0, 0.05) is 37.2 Å². The minimum Gasteiger partial charge on any atom is -0.506 e. The lowest BCUT2D eigenvalue weighted by molar-refractivity contribution is -0.145. The molecule has 0 saturated heterocycles. The van der Waals surface area contributed by atoms with E-state index in [0.717, 1.165) is 77.1 Å². The summed E-state index contributed by atoms with van der Waals surface area (Å²) in [5.41, 5.74) is 4.28. The van der Waals surface area contributed by atoms with E-state index in [1.165, 1.54) is 6.07 Å². The summed E-state index contributed by atoms with van der Waals surface area (Å²) in [5, 5.41) is 26.0. The van der Waals surface area contributed by atoms with Crippen LogP contribution in [0.1, 0.15) is 94.1 Å². The summed E-state index contributed by atoms with van der Waals surface area (Å²) in [4.78, 5) is 40.3. The lowest BCUT2D eigenvalue weighted by Crippen LogP contribution is -2.43. The van der Waals surface area contributed by atoms with Gasteiger partial charge in [0.05, 0.1) is 22.6 Å². The van der Waals surface area contributed by atoms with Crippen molar-refractivity contribution >= 4 is 36.1 Å². The number of fused-ring (bicyclic) bond motifs is 2. The van der Waals surface area contributed by atoms with Gasteiger partial charge in [-0.1, -0.05) is 76.4 Å². The maximum Gasteiger partial charge on any atom is 0.314 e. The molecule has 0 radical (unpaired) electrons. The Balaban J connectivity index is 1.13. The number of carbonyl (C=O) groups is 1. The van der Waals surface area contributed by atoms with E-state index in [1.807, 2.05) is 34.9 Å². The fraction of sp³-hybridized carbons (Fsp3) is 0.432. The second-order valence-corrected chi connectivity index (χ2v) is 21.4. The molecule has 4 N–H and O–H groups in total. The fourth-order valence-electron chi connectivity index (χ4n) is 7.73. The monoisotopic (exact) mass is 749 g/mol. The van der Waals surface area contributed by atoms with E-state index >= 15 is 0 Å². The molecule has 3 aromatic carbocycles. The number of aromatic nitrogens is 2. The smallest absolute Gasteiger partial charge is 0.314 e. The maximum atomic E-state index is 13.0. The minimum atomic E-state index is -2.22. The van der Waals surface area contributed by atoms with Crippen molar-refractivity contribution in [3.63, 3.8) is 0 Å². The average molecular weight is 750 g/mol. The first-order chi connectivity index (χ1) is 25.7. The van der Waals surface area contributed by atoms with Gasteiger partial charge < -0.3 is 29.5 Å². The van der Waals surface area contributed by atoms with Crippen LogP contribution in [0.4, 0.5) is 0 Å². The van der Waals surface area contributed by atoms with Gasteiger partial charge in [0.2, 0.25) is 5.56 Å². The topological polar surface area (TPSA) is 134 Å². The number of hydrogen-bond acceptors (Lipinski definition) is 6. The number of rotatable bonds is 14. The van der Waals surface area contributed by atoms with Crippen LogP contribution in [0.3, 0.4) is 0 Å². The third-order valence-corrected chi connectivity index (χ3v) is 16.4. The van der Waals surface area contributed by atoms with E-state index < -0.39 is 19.7 Å². The number of pyridine rings is 2. The molecule has 1 aliphatic carbocycles. The highest BCUT2D eigenvalue weighted by atomic mass is 28.4. The van der Waals surface area contributed by atoms with Crippen molar-refractivity contribution < 1.29 is 19.4 Å². The first kappa shape index (κ1) is 39.2. The summed E-state index contributed by atoms with van der Waals surface area (Å²) in [6, 6.07) is 24.6. The number of aryl methyl sites for hydroxylation is 2. The van der Waals surface area contributed by atoms with Crippen LogP contribution in [0.2, 0.25) is 18.1 Å². The number of hydrogen-bond donors (Lipinski definition) is 4. The van der Waals surface area contributed by atoms with Gasteiger partial charge >= 0.3 is 5.97 Å². The van der Waals surface area contributed by atoms with E-state index in [2.05, 4.69) is 68.4 Å². The molecule has 9 nitrogen and oxygen atoms in total. The van der Waals surface area contributed by atoms with Crippen molar-refractivity contribution in [2.24, 2.45) is 0 Å². The number of nitrogens with one attached hydrogen (secondary N) is 2. The molecule has 2 heterocycles. The van der Waals surface area contributed by atoms with Gasteiger partial charge in [-0.15, -0.1) is 0 Å². The summed E-state index contributed by atoms with van der Waals surface area (Å²) >= 11 is 0. The standard InChI is InChI=1S/C44H55N3O6Si/c1-43(2,3)54(4,5)53-38(34-17-20-37(48)41-35(34)18-21-39(49)46-41)29-45-28-31-15-19-36-32(26-31)16-22-40(50)47(36)25-10-7-12-30-13-11-14-33(27-30)44(42(51)52)23-8-6-9-24-44/h11,13-22,26-27,38,45,48H,6-10,12,23-25,28-29H2,1-5H3,(H,46,49)(H,51,52)/t38-/m1/s1. The van der Waals surface area contributed by atoms with Crippen LogP contribution < -0.4 is 16.4 Å². The van der Waals surface area contributed by atoms with Crippen molar-refractivity contribution in [1.29, 1.82) is 0 Å². The van der Waals surface area contributed by atoms with Crippen LogP contribution in [-0.4, -0.2) is 40.6 Å². The van der Waals surface area contributed by atoms with Gasteiger partial charge in [-0.2, -0.15) is 0 Å². The number of carboxylic acid groups (broad SMARTS) is 1. The van der Waals surface area contributed by atoms with Gasteiger partial charge in [-0.05, 0) is 108 Å². The molecule has 1 saturated carbocycles. The lowest BCUT2D eigenvalue weighted by Gasteiger charge is -2.39. The van der Waals surface area contributed by atoms with E-state index in [9.17, 15) is 24.6 Å². The molecule has 54 heavy (non-hydrogen) atoms. The highest BCUT2D eigenvalue weighted by Gasteiger charge is 2.41. The van der Waals surface area contributed by atoms with Crippen LogP contribution in [-0.2, 0) is 34.1 Å². The Bertz CT molecular complexity index is 2250. The Morgan fingerprint density at radius 2 is 1.72 bits per heavy atom. The molecule has 2 aromatic heterocycles. The first-order valence-electron chi connectivity index (χ1n) is 19.4. The molecule has 1 aliphatic rings. The number of H-pyrrole nitrogens is 1. The molecule has 0 amide bonds. The Kier molecular flexibility index (Phi) is 11.7. The molecule has 0 aliphatic heterocycles. The molecule has 5 aromatic rings. The number of phenols is 1. The maximum absolute atomic E-state index is 13.0. The first-order valence-corrected chi connectivity index (χ1v) is 22.3. The SMILES string of the molecule is CC(C)(C)[Si](C)(C)O[C@H](CNCc1ccc2c(ccc(=O)n2CCCCc2cccc(C3(C(=O)O)CCCCC3)c2)c1)c1ccc(O)c2[nH]c(=O)ccc12. The number of nitrogens with zero attached hydrogens (tertiary/aromatic N) is 1. The molecule has 286 valence electrons. The Hall–Kier alpha value is -4.51. The highest BCUT2D eigenvalue weighted by Crippen LogP contribution is 2.42. The van der Waals surface area contributed by atoms with Crippen LogP contribution >= 0.6 is 0 Å². The number of unbranched alkanes of at least 4 members (excludes halogenated alkanes) is 1. The van der Waals surface area contributed by atoms with Crippen molar-refractivity contribution in [1.82, 2.24) is 14.9 Å². The Morgan fingerprint density at radius 1 is 0.944 bits per heavy atom. The van der Waals surface area contributed by atoms with Crippen LogP contribution in [0.5, 0.6) is 5.75 Å². The Labute approximate surface area is 318 Å². The third kappa shape index (κ3) is 8.41. The molecule has 1 atom stereocenters. The predicted octanol–water partition coefficient (Wildman–Crippen LogP) is 8.71. The van der Waals surface area contributed by atoms with Gasteiger partial charge in [0.15, 0.2) is 8.32 Å². The number of phenolic OH excluding ortho intramolecular Hbond substituents is 1. The van der Waals surface area contributed by atoms with Gasteiger partial charge in [-0.25, -0.2) is 0 Å². The second-order valence-electron chi connectivity index (χ2n) is 16.6. The zero-order chi connectivity index (χ0) is 38.7. The number of benzene rings is 3. The highest BCUT2D eigenvalue weighted by molar-refractivity contribution is 6.74. The zero-order valence-electron chi connectivity index (χ0n) is 32.3. The molecular formula is C44H55N3O6Si. The van der Waals surface area contributed by atoms with Crippen molar-refractivity contribution in [2.45, 2.75) is 115 Å². The molecular weight excluding hydrogens is 695 g/mol. The quantitative estimate of drug-likeness (QED) is 0.0659. The number of aliphatic carboxylic acids is 1. The fourth-order valence-corrected chi connectivity index (χ4v) is 9.01. The molecule has 0 spiro atoms. The van der Waals surface area contributed by atoms with Gasteiger partial charge in [0.1, 0.15) is 5.75 Å². The van der Waals surface area contributed by atoms with Gasteiger partial charge in [0.25, 0.3) is 5.56 Å². The summed E-state index contributed by atoms with van der Waals surface area (Å²) in [6.07, 6.45) is 6.61. The van der Waals surface area contributed by atoms with Crippen LogP contribution in [0, 0.1) is 0 Å². The van der Waals surface area contributed by atoms with Crippen LogP contribution in [0.25, 0.3) is 21.8 Å². The van der Waals surface area contributed by atoms with E-state index in [4.69, 9.17) is 4.43 Å². The minimum absolute atomic E-state index is 0.0224. The van der Waals surface area contributed by atoms with E-state index in [0.29, 0.717) is 38.0 Å². The molecule has 6 rings (SSSR count). The van der Waals surface area contributed by atoms with Crippen molar-refractivity contribution in [2.75, 3.05) is 6.54 Å². The largest absolute Gasteiger partial charge is 0.506 e. The summed E-state index contributed by atoms with van der Waals surface area (Å²) in [6.45, 7) is 12.8. The molecule has 0 unspecified atom stereocenters. The summed E-state index contributed by atoms with van der Waals surface area (Å²) in [5.74, 6) is -0.689. The van der Waals surface area contributed by atoms with E-state index in [1.54, 1.807) is 18.2 Å². The van der Waals surface area contributed by atoms with E-state index in [-0.39, 0.29) is 28.0 Å². The lowest BCUT2D eigenvalue weighted by atomic mass is 9.69. The summed E-state index contributed by atoms with van der Waals surface area (Å²) < 4.78 is 8.82. The molecule has 0 bridgehead atoms. The normalized spacial score (nSPS) is 15.4.